The Morgan fingerprint density at radius 2 is 1.34 bits per heavy atom. The molecule has 0 aliphatic carbocycles. The molecular formula is C31H28N2O2. The van der Waals surface area contributed by atoms with Gasteiger partial charge in [-0.15, -0.1) is 0 Å². The molecule has 4 heteroatoms. The van der Waals surface area contributed by atoms with Crippen LogP contribution in [-0.2, 0) is 11.2 Å². The van der Waals surface area contributed by atoms with E-state index < -0.39 is 0 Å². The SMILES string of the molecule is CC(=O)Oc1ccccc1/C=C(\C)c1ccc2ccccc2n1.CCc1ccc2ccccc2n1. The first-order valence-electron chi connectivity index (χ1n) is 11.7. The number of rotatable bonds is 4. The number of pyridine rings is 2. The van der Waals surface area contributed by atoms with Crippen molar-refractivity contribution in [2.45, 2.75) is 27.2 Å². The maximum Gasteiger partial charge on any atom is 0.308 e. The monoisotopic (exact) mass is 460 g/mol. The van der Waals surface area contributed by atoms with E-state index in [1.54, 1.807) is 6.07 Å². The number of ether oxygens (including phenoxy) is 1. The maximum absolute atomic E-state index is 11.2. The van der Waals surface area contributed by atoms with Crippen LogP contribution in [0.1, 0.15) is 37.7 Å². The van der Waals surface area contributed by atoms with Crippen LogP contribution in [0, 0.1) is 0 Å². The number of carbonyl (C=O) groups excluding carboxylic acids is 1. The van der Waals surface area contributed by atoms with Crippen LogP contribution in [0.5, 0.6) is 5.75 Å². The molecule has 0 N–H and O–H groups in total. The lowest BCUT2D eigenvalue weighted by Crippen LogP contribution is -2.02. The topological polar surface area (TPSA) is 52.1 Å². The van der Waals surface area contributed by atoms with Crippen LogP contribution in [-0.4, -0.2) is 15.9 Å². The average molecular weight is 461 g/mol. The molecule has 0 saturated carbocycles. The Kier molecular flexibility index (Phi) is 7.63. The summed E-state index contributed by atoms with van der Waals surface area (Å²) < 4.78 is 5.25. The number of aryl methyl sites for hydroxylation is 1. The molecule has 3 aromatic carbocycles. The zero-order valence-electron chi connectivity index (χ0n) is 20.2. The first-order valence-corrected chi connectivity index (χ1v) is 11.7. The maximum atomic E-state index is 11.2. The fourth-order valence-electron chi connectivity index (χ4n) is 3.75. The van der Waals surface area contributed by atoms with Crippen LogP contribution in [0.15, 0.2) is 97.1 Å². The van der Waals surface area contributed by atoms with Crippen LogP contribution in [0.2, 0.25) is 0 Å². The van der Waals surface area contributed by atoms with Gasteiger partial charge in [-0.25, -0.2) is 4.98 Å². The number of benzene rings is 3. The molecule has 174 valence electrons. The minimum absolute atomic E-state index is 0.327. The second-order valence-corrected chi connectivity index (χ2v) is 8.20. The van der Waals surface area contributed by atoms with Gasteiger partial charge in [0.1, 0.15) is 5.75 Å². The Hall–Kier alpha value is -4.31. The van der Waals surface area contributed by atoms with Crippen molar-refractivity contribution in [2.75, 3.05) is 0 Å². The molecule has 5 rings (SSSR count). The van der Waals surface area contributed by atoms with E-state index in [2.05, 4.69) is 47.2 Å². The van der Waals surface area contributed by atoms with E-state index in [1.165, 1.54) is 12.3 Å². The highest BCUT2D eigenvalue weighted by Crippen LogP contribution is 2.25. The molecule has 0 fully saturated rings. The van der Waals surface area contributed by atoms with Crippen molar-refractivity contribution in [3.8, 4) is 5.75 Å². The lowest BCUT2D eigenvalue weighted by atomic mass is 10.1. The van der Waals surface area contributed by atoms with Gasteiger partial charge in [0, 0.05) is 29.0 Å². The third-order valence-corrected chi connectivity index (χ3v) is 5.57. The molecule has 0 radical (unpaired) electrons. The van der Waals surface area contributed by atoms with Crippen molar-refractivity contribution < 1.29 is 9.53 Å². The van der Waals surface area contributed by atoms with Gasteiger partial charge in [-0.3, -0.25) is 9.78 Å². The van der Waals surface area contributed by atoms with E-state index in [0.29, 0.717) is 5.75 Å². The summed E-state index contributed by atoms with van der Waals surface area (Å²) in [5.41, 5.74) is 5.99. The van der Waals surface area contributed by atoms with Gasteiger partial charge < -0.3 is 4.74 Å². The Morgan fingerprint density at radius 1 is 0.743 bits per heavy atom. The number of para-hydroxylation sites is 3. The van der Waals surface area contributed by atoms with Gasteiger partial charge in [-0.05, 0) is 55.3 Å². The fourth-order valence-corrected chi connectivity index (χ4v) is 3.75. The third-order valence-electron chi connectivity index (χ3n) is 5.57. The number of hydrogen-bond acceptors (Lipinski definition) is 4. The minimum Gasteiger partial charge on any atom is -0.426 e. The van der Waals surface area contributed by atoms with Gasteiger partial charge in [0.25, 0.3) is 0 Å². The molecule has 2 aromatic heterocycles. The van der Waals surface area contributed by atoms with Gasteiger partial charge >= 0.3 is 5.97 Å². The number of nitrogens with zero attached hydrogens (tertiary/aromatic N) is 2. The van der Waals surface area contributed by atoms with E-state index in [9.17, 15) is 4.79 Å². The molecule has 0 spiro atoms. The summed E-state index contributed by atoms with van der Waals surface area (Å²) in [6.45, 7) is 5.52. The second kappa shape index (κ2) is 11.2. The van der Waals surface area contributed by atoms with E-state index in [4.69, 9.17) is 4.74 Å². The number of allylic oxidation sites excluding steroid dienone is 1. The van der Waals surface area contributed by atoms with Gasteiger partial charge in [0.05, 0.1) is 16.7 Å². The van der Waals surface area contributed by atoms with Gasteiger partial charge in [0.2, 0.25) is 0 Å². The number of esters is 1. The highest BCUT2D eigenvalue weighted by molar-refractivity contribution is 5.86. The van der Waals surface area contributed by atoms with Crippen LogP contribution >= 0.6 is 0 Å². The molecule has 0 atom stereocenters. The van der Waals surface area contributed by atoms with Crippen molar-refractivity contribution in [1.29, 1.82) is 0 Å². The van der Waals surface area contributed by atoms with Crippen LogP contribution in [0.25, 0.3) is 33.5 Å². The molecule has 0 bridgehead atoms. The molecule has 0 unspecified atom stereocenters. The summed E-state index contributed by atoms with van der Waals surface area (Å²) in [5, 5.41) is 2.33. The minimum atomic E-state index is -0.327. The molecule has 0 aliphatic heterocycles. The quantitative estimate of drug-likeness (QED) is 0.206. The number of fused-ring (bicyclic) bond motifs is 2. The Labute approximate surface area is 205 Å². The summed E-state index contributed by atoms with van der Waals surface area (Å²) in [5.74, 6) is 0.229. The second-order valence-electron chi connectivity index (χ2n) is 8.20. The third kappa shape index (κ3) is 6.18. The lowest BCUT2D eigenvalue weighted by Gasteiger charge is -2.07. The zero-order chi connectivity index (χ0) is 24.6. The summed E-state index contributed by atoms with van der Waals surface area (Å²) in [6, 6.07) is 32.0. The van der Waals surface area contributed by atoms with E-state index >= 15 is 0 Å². The van der Waals surface area contributed by atoms with Crippen LogP contribution in [0.4, 0.5) is 0 Å². The highest BCUT2D eigenvalue weighted by atomic mass is 16.5. The molecule has 4 nitrogen and oxygen atoms in total. The molecule has 0 saturated heterocycles. The molecule has 0 amide bonds. The van der Waals surface area contributed by atoms with Gasteiger partial charge in [-0.2, -0.15) is 0 Å². The summed E-state index contributed by atoms with van der Waals surface area (Å²) in [7, 11) is 0. The van der Waals surface area contributed by atoms with Crippen molar-refractivity contribution >= 4 is 39.4 Å². The summed E-state index contributed by atoms with van der Waals surface area (Å²) in [6.07, 6.45) is 2.99. The summed E-state index contributed by atoms with van der Waals surface area (Å²) in [4.78, 5) is 20.4. The van der Waals surface area contributed by atoms with Crippen molar-refractivity contribution in [1.82, 2.24) is 9.97 Å². The predicted octanol–water partition coefficient (Wildman–Crippen LogP) is 7.52. The van der Waals surface area contributed by atoms with Crippen molar-refractivity contribution in [2.24, 2.45) is 0 Å². The van der Waals surface area contributed by atoms with Crippen molar-refractivity contribution in [3.05, 3.63) is 114 Å². The van der Waals surface area contributed by atoms with E-state index in [-0.39, 0.29) is 5.97 Å². The molecule has 35 heavy (non-hydrogen) atoms. The smallest absolute Gasteiger partial charge is 0.308 e. The lowest BCUT2D eigenvalue weighted by molar-refractivity contribution is -0.131. The summed E-state index contributed by atoms with van der Waals surface area (Å²) >= 11 is 0. The van der Waals surface area contributed by atoms with Gasteiger partial charge in [0.15, 0.2) is 0 Å². The van der Waals surface area contributed by atoms with Crippen molar-refractivity contribution in [3.63, 3.8) is 0 Å². The van der Waals surface area contributed by atoms with E-state index in [0.717, 1.165) is 45.4 Å². The Balaban J connectivity index is 0.000000201. The molecular weight excluding hydrogens is 432 g/mol. The molecule has 5 aromatic rings. The average Bonchev–Trinajstić information content (AvgIpc) is 2.89. The highest BCUT2D eigenvalue weighted by Gasteiger charge is 2.06. The first kappa shape index (κ1) is 23.8. The number of carbonyl (C=O) groups is 1. The Morgan fingerprint density at radius 3 is 2.03 bits per heavy atom. The normalized spacial score (nSPS) is 11.1. The first-order chi connectivity index (χ1) is 17.0. The zero-order valence-corrected chi connectivity index (χ0v) is 20.2. The number of hydrogen-bond donors (Lipinski definition) is 0. The fraction of sp³-hybridized carbons (Fsp3) is 0.129. The largest absolute Gasteiger partial charge is 0.426 e. The van der Waals surface area contributed by atoms with Gasteiger partial charge in [-0.1, -0.05) is 73.7 Å². The Bertz CT molecular complexity index is 1500. The number of aromatic nitrogens is 2. The predicted molar refractivity (Wildman–Crippen MR) is 144 cm³/mol. The van der Waals surface area contributed by atoms with Crippen LogP contribution in [0.3, 0.4) is 0 Å². The van der Waals surface area contributed by atoms with Crippen LogP contribution < -0.4 is 4.74 Å². The standard InChI is InChI=1S/C20H17NO2.C11H11N/c1-14(13-17-8-4-6-10-20(17)23-15(2)22)18-12-11-16-7-3-5-9-19(16)21-18;1-2-10-8-7-9-5-3-4-6-11(9)12-10/h3-13H,1-2H3;3-8H,2H2,1H3/b14-13+;. The van der Waals surface area contributed by atoms with E-state index in [1.807, 2.05) is 73.7 Å². The molecule has 0 aliphatic rings. The molecule has 2 heterocycles.